The summed E-state index contributed by atoms with van der Waals surface area (Å²) in [5, 5.41) is 7.93. The van der Waals surface area contributed by atoms with Crippen molar-refractivity contribution in [3.05, 3.63) is 0 Å². The largest absolute Gasteiger partial charge is 0.480 e. The van der Waals surface area contributed by atoms with Gasteiger partial charge in [0.2, 0.25) is 10.0 Å². The van der Waals surface area contributed by atoms with Crippen LogP contribution in [0.5, 0.6) is 0 Å². The number of nitrogens with one attached hydrogen (secondary N) is 1. The van der Waals surface area contributed by atoms with Crippen LogP contribution in [0, 0.1) is 5.92 Å². The Bertz CT molecular complexity index is 518. The van der Waals surface area contributed by atoms with E-state index in [1.807, 2.05) is 4.72 Å². The Morgan fingerprint density at radius 2 is 1.82 bits per heavy atom. The van der Waals surface area contributed by atoms with Crippen molar-refractivity contribution in [2.75, 3.05) is 11.3 Å². The number of sulfone groups is 1. The SMILES string of the molecule is CC(NS(=O)(=O)CS(C)(=O)=O)(C(=O)O)C1CC1. The molecule has 9 heteroatoms. The summed E-state index contributed by atoms with van der Waals surface area (Å²) in [6, 6.07) is 0. The average Bonchev–Trinajstić information content (AvgIpc) is 2.78. The lowest BCUT2D eigenvalue weighted by atomic mass is 9.98. The monoisotopic (exact) mass is 285 g/mol. The molecule has 0 radical (unpaired) electrons. The van der Waals surface area contributed by atoms with Gasteiger partial charge in [-0.25, -0.2) is 16.8 Å². The maximum absolute atomic E-state index is 11.5. The summed E-state index contributed by atoms with van der Waals surface area (Å²) in [6.45, 7) is 1.26. The van der Waals surface area contributed by atoms with E-state index in [2.05, 4.69) is 0 Å². The number of carboxylic acids is 1. The summed E-state index contributed by atoms with van der Waals surface area (Å²) in [4.78, 5) is 11.1. The Labute approximate surface area is 100 Å². The normalized spacial score (nSPS) is 20.8. The van der Waals surface area contributed by atoms with E-state index in [0.717, 1.165) is 6.26 Å². The van der Waals surface area contributed by atoms with E-state index in [4.69, 9.17) is 5.11 Å². The summed E-state index contributed by atoms with van der Waals surface area (Å²) >= 11 is 0. The summed E-state index contributed by atoms with van der Waals surface area (Å²) < 4.78 is 46.9. The Morgan fingerprint density at radius 3 is 2.12 bits per heavy atom. The average molecular weight is 285 g/mol. The van der Waals surface area contributed by atoms with E-state index in [0.29, 0.717) is 12.8 Å². The number of hydrogen-bond donors (Lipinski definition) is 2. The second-order valence-corrected chi connectivity index (χ2v) is 8.77. The molecule has 0 heterocycles. The lowest BCUT2D eigenvalue weighted by Gasteiger charge is -2.25. The smallest absolute Gasteiger partial charge is 0.324 e. The van der Waals surface area contributed by atoms with Gasteiger partial charge in [0, 0.05) is 6.26 Å². The highest BCUT2D eigenvalue weighted by Crippen LogP contribution is 2.40. The van der Waals surface area contributed by atoms with Gasteiger partial charge < -0.3 is 5.11 Å². The third kappa shape index (κ3) is 3.93. The van der Waals surface area contributed by atoms with E-state index in [-0.39, 0.29) is 5.92 Å². The number of carboxylic acid groups (broad SMARTS) is 1. The number of hydrogen-bond acceptors (Lipinski definition) is 5. The number of sulfonamides is 1. The van der Waals surface area contributed by atoms with Crippen LogP contribution in [0.4, 0.5) is 0 Å². The topological polar surface area (TPSA) is 118 Å². The van der Waals surface area contributed by atoms with Gasteiger partial charge in [0.15, 0.2) is 14.9 Å². The molecule has 1 saturated carbocycles. The first-order chi connectivity index (χ1) is 7.46. The molecule has 0 bridgehead atoms. The van der Waals surface area contributed by atoms with Crippen molar-refractivity contribution in [2.45, 2.75) is 25.3 Å². The van der Waals surface area contributed by atoms with Crippen LogP contribution >= 0.6 is 0 Å². The molecule has 0 aliphatic heterocycles. The molecule has 1 fully saturated rings. The lowest BCUT2D eigenvalue weighted by Crippen LogP contribution is -2.54. The number of aliphatic carboxylic acids is 1. The molecule has 17 heavy (non-hydrogen) atoms. The van der Waals surface area contributed by atoms with Gasteiger partial charge in [-0.15, -0.1) is 0 Å². The lowest BCUT2D eigenvalue weighted by molar-refractivity contribution is -0.144. The molecule has 1 aliphatic carbocycles. The van der Waals surface area contributed by atoms with Crippen LogP contribution in [-0.4, -0.2) is 44.8 Å². The summed E-state index contributed by atoms with van der Waals surface area (Å²) in [5.41, 5.74) is -1.62. The molecule has 1 unspecified atom stereocenters. The second kappa shape index (κ2) is 4.21. The van der Waals surface area contributed by atoms with Crippen LogP contribution < -0.4 is 4.72 Å². The van der Waals surface area contributed by atoms with E-state index in [1.54, 1.807) is 0 Å². The van der Waals surface area contributed by atoms with E-state index >= 15 is 0 Å². The zero-order valence-corrected chi connectivity index (χ0v) is 11.1. The first kappa shape index (κ1) is 14.4. The molecule has 0 amide bonds. The Kier molecular flexibility index (Phi) is 3.57. The van der Waals surface area contributed by atoms with Crippen LogP contribution in [0.2, 0.25) is 0 Å². The molecule has 0 saturated heterocycles. The van der Waals surface area contributed by atoms with Crippen LogP contribution in [0.15, 0.2) is 0 Å². The minimum absolute atomic E-state index is 0.283. The second-order valence-electron chi connectivity index (χ2n) is 4.54. The minimum atomic E-state index is -4.17. The molecule has 0 aromatic rings. The van der Waals surface area contributed by atoms with Crippen molar-refractivity contribution in [3.8, 4) is 0 Å². The first-order valence-electron chi connectivity index (χ1n) is 4.89. The van der Waals surface area contributed by atoms with Crippen LogP contribution in [-0.2, 0) is 24.7 Å². The fraction of sp³-hybridized carbons (Fsp3) is 0.875. The highest BCUT2D eigenvalue weighted by Gasteiger charge is 2.50. The van der Waals surface area contributed by atoms with Crippen molar-refractivity contribution in [3.63, 3.8) is 0 Å². The summed E-state index contributed by atoms with van der Waals surface area (Å²) in [7, 11) is -7.89. The predicted molar refractivity (Wildman–Crippen MR) is 60.5 cm³/mol. The van der Waals surface area contributed by atoms with Gasteiger partial charge in [-0.05, 0) is 25.7 Å². The molecule has 1 atom stereocenters. The van der Waals surface area contributed by atoms with Crippen molar-refractivity contribution in [1.29, 1.82) is 0 Å². The van der Waals surface area contributed by atoms with E-state index in [1.165, 1.54) is 6.92 Å². The predicted octanol–water partition coefficient (Wildman–Crippen LogP) is -0.839. The van der Waals surface area contributed by atoms with Gasteiger partial charge >= 0.3 is 5.97 Å². The van der Waals surface area contributed by atoms with Gasteiger partial charge in [-0.2, -0.15) is 4.72 Å². The van der Waals surface area contributed by atoms with Crippen LogP contribution in [0.25, 0.3) is 0 Å². The Hall–Kier alpha value is -0.670. The third-order valence-corrected chi connectivity index (χ3v) is 6.26. The third-order valence-electron chi connectivity index (χ3n) is 2.57. The van der Waals surface area contributed by atoms with Gasteiger partial charge in [0.25, 0.3) is 0 Å². The fourth-order valence-electron chi connectivity index (χ4n) is 1.60. The fourth-order valence-corrected chi connectivity index (χ4v) is 4.99. The van der Waals surface area contributed by atoms with Crippen molar-refractivity contribution >= 4 is 25.8 Å². The van der Waals surface area contributed by atoms with E-state index in [9.17, 15) is 21.6 Å². The van der Waals surface area contributed by atoms with Gasteiger partial charge in [-0.1, -0.05) is 0 Å². The highest BCUT2D eigenvalue weighted by molar-refractivity contribution is 8.06. The van der Waals surface area contributed by atoms with Crippen LogP contribution in [0.1, 0.15) is 19.8 Å². The molecule has 1 aliphatic rings. The summed E-state index contributed by atoms with van der Waals surface area (Å²) in [5.74, 6) is -1.58. The van der Waals surface area contributed by atoms with Gasteiger partial charge in [-0.3, -0.25) is 4.79 Å². The molecule has 2 N–H and O–H groups in total. The van der Waals surface area contributed by atoms with Crippen molar-refractivity contribution in [1.82, 2.24) is 4.72 Å². The maximum atomic E-state index is 11.5. The standard InChI is InChI=1S/C8H15NO6S2/c1-8(7(10)11,6-3-4-6)9-17(14,15)5-16(2,12)13/h6,9H,3-5H2,1-2H3,(H,10,11). The maximum Gasteiger partial charge on any atom is 0.324 e. The number of rotatable bonds is 6. The van der Waals surface area contributed by atoms with Gasteiger partial charge in [0.05, 0.1) is 0 Å². The molecule has 100 valence electrons. The van der Waals surface area contributed by atoms with E-state index < -0.39 is 36.5 Å². The quantitative estimate of drug-likeness (QED) is 0.657. The first-order valence-corrected chi connectivity index (χ1v) is 8.60. The Balaban J connectivity index is 2.92. The molecule has 0 aromatic heterocycles. The van der Waals surface area contributed by atoms with Crippen LogP contribution in [0.3, 0.4) is 0 Å². The molecule has 0 aromatic carbocycles. The molecule has 7 nitrogen and oxygen atoms in total. The molecule has 1 rings (SSSR count). The van der Waals surface area contributed by atoms with Crippen molar-refractivity contribution in [2.24, 2.45) is 5.92 Å². The number of carbonyl (C=O) groups is 1. The zero-order valence-electron chi connectivity index (χ0n) is 9.50. The summed E-state index contributed by atoms with van der Waals surface area (Å²) in [6.07, 6.45) is 2.01. The minimum Gasteiger partial charge on any atom is -0.480 e. The molecule has 0 spiro atoms. The zero-order chi connectivity index (χ0) is 13.5. The van der Waals surface area contributed by atoms with Crippen molar-refractivity contribution < 1.29 is 26.7 Å². The Morgan fingerprint density at radius 1 is 1.35 bits per heavy atom. The molecular formula is C8H15NO6S2. The van der Waals surface area contributed by atoms with Gasteiger partial charge in [0.1, 0.15) is 5.54 Å². The highest BCUT2D eigenvalue weighted by atomic mass is 32.3. The molecular weight excluding hydrogens is 270 g/mol.